The van der Waals surface area contributed by atoms with Gasteiger partial charge in [-0.25, -0.2) is 5.43 Å². The van der Waals surface area contributed by atoms with Crippen LogP contribution in [0.5, 0.6) is 0 Å². The highest BCUT2D eigenvalue weighted by molar-refractivity contribution is 6.31. The van der Waals surface area contributed by atoms with E-state index >= 15 is 0 Å². The Morgan fingerprint density at radius 3 is 2.38 bits per heavy atom. The lowest BCUT2D eigenvalue weighted by atomic mass is 9.98. The third-order valence-electron chi connectivity index (χ3n) is 3.52. The summed E-state index contributed by atoms with van der Waals surface area (Å²) in [7, 11) is 0. The average molecular weight is 299 g/mol. The molecule has 0 spiro atoms. The normalized spacial score (nSPS) is 12.5. The van der Waals surface area contributed by atoms with Crippen LogP contribution in [0, 0.1) is 6.92 Å². The molecule has 106 valence electrons. The van der Waals surface area contributed by atoms with Gasteiger partial charge in [-0.1, -0.05) is 29.8 Å². The van der Waals surface area contributed by atoms with Crippen molar-refractivity contribution in [2.45, 2.75) is 13.0 Å². The molecule has 0 saturated carbocycles. The van der Waals surface area contributed by atoms with Crippen LogP contribution >= 0.6 is 11.6 Å². The maximum atomic E-state index is 6.21. The Hall–Kier alpha value is -2.01. The molecule has 1 atom stereocenters. The highest BCUT2D eigenvalue weighted by Gasteiger charge is 2.14. The van der Waals surface area contributed by atoms with Gasteiger partial charge in [0.05, 0.1) is 17.1 Å². The summed E-state index contributed by atoms with van der Waals surface area (Å²) in [4.78, 5) is 8.60. The number of nitrogens with one attached hydrogen (secondary N) is 1. The van der Waals surface area contributed by atoms with Gasteiger partial charge >= 0.3 is 0 Å². The largest absolute Gasteiger partial charge is 0.271 e. The summed E-state index contributed by atoms with van der Waals surface area (Å²) in [5.41, 5.74) is 7.61. The molecule has 0 aliphatic carbocycles. The zero-order valence-electron chi connectivity index (χ0n) is 11.5. The second kappa shape index (κ2) is 5.77. The lowest BCUT2D eigenvalue weighted by molar-refractivity contribution is 0.637. The van der Waals surface area contributed by atoms with Gasteiger partial charge in [-0.2, -0.15) is 0 Å². The summed E-state index contributed by atoms with van der Waals surface area (Å²) >= 11 is 6.21. The van der Waals surface area contributed by atoms with E-state index in [1.807, 2.05) is 43.3 Å². The van der Waals surface area contributed by atoms with Crippen molar-refractivity contribution in [2.24, 2.45) is 5.84 Å². The molecular formula is C16H15ClN4. The minimum atomic E-state index is -0.144. The van der Waals surface area contributed by atoms with Crippen LogP contribution in [0.15, 0.2) is 48.8 Å². The van der Waals surface area contributed by atoms with Crippen molar-refractivity contribution in [3.8, 4) is 0 Å². The van der Waals surface area contributed by atoms with Gasteiger partial charge < -0.3 is 0 Å². The molecule has 0 bridgehead atoms. The Balaban J connectivity index is 2.06. The molecule has 0 amide bonds. The van der Waals surface area contributed by atoms with Crippen LogP contribution in [0.25, 0.3) is 11.0 Å². The van der Waals surface area contributed by atoms with E-state index < -0.39 is 0 Å². The van der Waals surface area contributed by atoms with Crippen molar-refractivity contribution in [1.82, 2.24) is 15.4 Å². The third kappa shape index (κ3) is 2.74. The Kier molecular flexibility index (Phi) is 3.84. The van der Waals surface area contributed by atoms with Gasteiger partial charge in [-0.15, -0.1) is 0 Å². The van der Waals surface area contributed by atoms with Gasteiger partial charge in [0.2, 0.25) is 0 Å². The fourth-order valence-electron chi connectivity index (χ4n) is 2.33. The van der Waals surface area contributed by atoms with E-state index in [-0.39, 0.29) is 6.04 Å². The highest BCUT2D eigenvalue weighted by Crippen LogP contribution is 2.27. The molecule has 2 aromatic carbocycles. The number of nitrogens with zero attached hydrogens (tertiary/aromatic N) is 2. The van der Waals surface area contributed by atoms with Gasteiger partial charge in [0, 0.05) is 17.4 Å². The van der Waals surface area contributed by atoms with E-state index in [4.69, 9.17) is 17.4 Å². The minimum absolute atomic E-state index is 0.144. The maximum Gasteiger partial charge on any atom is 0.0890 e. The summed E-state index contributed by atoms with van der Waals surface area (Å²) in [6.07, 6.45) is 3.36. The zero-order chi connectivity index (χ0) is 14.8. The molecule has 1 aromatic heterocycles. The second-order valence-corrected chi connectivity index (χ2v) is 5.32. The molecule has 5 heteroatoms. The first-order chi connectivity index (χ1) is 10.2. The monoisotopic (exact) mass is 298 g/mol. The van der Waals surface area contributed by atoms with Crippen LogP contribution in [0.2, 0.25) is 5.02 Å². The number of nitrogens with two attached hydrogens (primary N) is 1. The second-order valence-electron chi connectivity index (χ2n) is 4.91. The zero-order valence-corrected chi connectivity index (χ0v) is 12.3. The van der Waals surface area contributed by atoms with Crippen molar-refractivity contribution < 1.29 is 0 Å². The number of halogens is 1. The molecule has 0 aliphatic heterocycles. The van der Waals surface area contributed by atoms with Crippen molar-refractivity contribution in [3.05, 3.63) is 70.5 Å². The van der Waals surface area contributed by atoms with Crippen molar-refractivity contribution >= 4 is 22.6 Å². The molecule has 0 saturated heterocycles. The van der Waals surface area contributed by atoms with Crippen LogP contribution in [0.4, 0.5) is 0 Å². The molecule has 4 nitrogen and oxygen atoms in total. The van der Waals surface area contributed by atoms with Gasteiger partial charge in [-0.3, -0.25) is 15.8 Å². The van der Waals surface area contributed by atoms with Gasteiger partial charge in [0.25, 0.3) is 0 Å². The predicted molar refractivity (Wildman–Crippen MR) is 84.9 cm³/mol. The van der Waals surface area contributed by atoms with E-state index in [9.17, 15) is 0 Å². The molecule has 0 fully saturated rings. The number of rotatable bonds is 3. The number of hydrogen-bond acceptors (Lipinski definition) is 4. The molecule has 3 N–H and O–H groups in total. The van der Waals surface area contributed by atoms with Crippen LogP contribution < -0.4 is 11.3 Å². The first-order valence-electron chi connectivity index (χ1n) is 6.62. The van der Waals surface area contributed by atoms with Crippen LogP contribution in [-0.4, -0.2) is 9.97 Å². The number of aryl methyl sites for hydroxylation is 1. The van der Waals surface area contributed by atoms with Crippen LogP contribution in [0.3, 0.4) is 0 Å². The first kappa shape index (κ1) is 13.9. The van der Waals surface area contributed by atoms with Crippen molar-refractivity contribution in [2.75, 3.05) is 0 Å². The molecule has 1 unspecified atom stereocenters. The molecule has 0 aliphatic rings. The maximum absolute atomic E-state index is 6.21. The number of hydrazine groups is 1. The Labute approximate surface area is 128 Å². The molecule has 3 rings (SSSR count). The smallest absolute Gasteiger partial charge is 0.0890 e. The quantitative estimate of drug-likeness (QED) is 0.576. The van der Waals surface area contributed by atoms with E-state index in [0.29, 0.717) is 0 Å². The van der Waals surface area contributed by atoms with Crippen molar-refractivity contribution in [3.63, 3.8) is 0 Å². The van der Waals surface area contributed by atoms with E-state index in [1.54, 1.807) is 12.4 Å². The summed E-state index contributed by atoms with van der Waals surface area (Å²) in [5.74, 6) is 5.74. The topological polar surface area (TPSA) is 63.8 Å². The Morgan fingerprint density at radius 1 is 1.00 bits per heavy atom. The highest BCUT2D eigenvalue weighted by atomic mass is 35.5. The lowest BCUT2D eigenvalue weighted by Crippen LogP contribution is -2.28. The molecule has 0 radical (unpaired) electrons. The fraction of sp³-hybridized carbons (Fsp3) is 0.125. The fourth-order valence-corrected chi connectivity index (χ4v) is 2.52. The summed E-state index contributed by atoms with van der Waals surface area (Å²) in [5, 5.41) is 0.730. The number of fused-ring (bicyclic) bond motifs is 1. The van der Waals surface area contributed by atoms with E-state index in [0.717, 1.165) is 32.7 Å². The number of hydrogen-bond donors (Lipinski definition) is 2. The SMILES string of the molecule is Cc1ccc(C(NN)c2ccc3nccnc3c2)cc1Cl. The molecule has 21 heavy (non-hydrogen) atoms. The number of benzene rings is 2. The Morgan fingerprint density at radius 2 is 1.67 bits per heavy atom. The first-order valence-corrected chi connectivity index (χ1v) is 6.99. The summed E-state index contributed by atoms with van der Waals surface area (Å²) < 4.78 is 0. The Bertz CT molecular complexity index is 788. The number of aromatic nitrogens is 2. The van der Waals surface area contributed by atoms with Crippen molar-refractivity contribution in [1.29, 1.82) is 0 Å². The standard InChI is InChI=1S/C16H15ClN4/c1-10-2-3-11(8-13(10)17)16(21-18)12-4-5-14-15(9-12)20-7-6-19-14/h2-9,16,21H,18H2,1H3. The summed E-state index contributed by atoms with van der Waals surface area (Å²) in [6.45, 7) is 1.97. The molecular weight excluding hydrogens is 284 g/mol. The predicted octanol–water partition coefficient (Wildman–Crippen LogP) is 3.14. The van der Waals surface area contributed by atoms with Gasteiger partial charge in [-0.05, 0) is 41.8 Å². The van der Waals surface area contributed by atoms with Crippen LogP contribution in [0.1, 0.15) is 22.7 Å². The van der Waals surface area contributed by atoms with Gasteiger partial charge in [0.1, 0.15) is 0 Å². The minimum Gasteiger partial charge on any atom is -0.271 e. The van der Waals surface area contributed by atoms with Crippen LogP contribution in [-0.2, 0) is 0 Å². The van der Waals surface area contributed by atoms with Gasteiger partial charge in [0.15, 0.2) is 0 Å². The summed E-state index contributed by atoms with van der Waals surface area (Å²) in [6, 6.07) is 11.7. The third-order valence-corrected chi connectivity index (χ3v) is 3.93. The van der Waals surface area contributed by atoms with E-state index in [2.05, 4.69) is 15.4 Å². The molecule has 3 aromatic rings. The molecule has 1 heterocycles. The lowest BCUT2D eigenvalue weighted by Gasteiger charge is -2.18. The average Bonchev–Trinajstić information content (AvgIpc) is 2.51. The van der Waals surface area contributed by atoms with E-state index in [1.165, 1.54) is 0 Å².